The lowest BCUT2D eigenvalue weighted by atomic mass is 9.92. The van der Waals surface area contributed by atoms with Crippen LogP contribution in [0.5, 0.6) is 5.75 Å². The summed E-state index contributed by atoms with van der Waals surface area (Å²) in [6, 6.07) is 6.29. The van der Waals surface area contributed by atoms with Gasteiger partial charge in [0.2, 0.25) is 0 Å². The van der Waals surface area contributed by atoms with Crippen molar-refractivity contribution < 1.29 is 9.47 Å². The normalized spacial score (nSPS) is 25.1. The number of nitrogens with two attached hydrogens (primary N) is 1. The van der Waals surface area contributed by atoms with E-state index in [1.54, 1.807) is 7.11 Å². The summed E-state index contributed by atoms with van der Waals surface area (Å²) in [5, 5.41) is 0. The Balaban J connectivity index is 1.98. The first kappa shape index (κ1) is 13.8. The summed E-state index contributed by atoms with van der Waals surface area (Å²) in [6.45, 7) is 2.90. The summed E-state index contributed by atoms with van der Waals surface area (Å²) >= 11 is 3.50. The molecule has 3 nitrogen and oxygen atoms in total. The van der Waals surface area contributed by atoms with Gasteiger partial charge in [-0.2, -0.15) is 0 Å². The minimum Gasteiger partial charge on any atom is -0.496 e. The van der Waals surface area contributed by atoms with E-state index in [1.165, 1.54) is 5.56 Å². The highest BCUT2D eigenvalue weighted by Crippen LogP contribution is 2.28. The summed E-state index contributed by atoms with van der Waals surface area (Å²) in [6.07, 6.45) is 2.30. The number of halogens is 1. The van der Waals surface area contributed by atoms with E-state index in [0.717, 1.165) is 29.7 Å². The van der Waals surface area contributed by atoms with Crippen molar-refractivity contribution in [3.8, 4) is 5.75 Å². The van der Waals surface area contributed by atoms with E-state index in [0.29, 0.717) is 12.0 Å². The quantitative estimate of drug-likeness (QED) is 0.929. The van der Waals surface area contributed by atoms with Crippen molar-refractivity contribution >= 4 is 15.9 Å². The maximum atomic E-state index is 6.27. The minimum absolute atomic E-state index is 0.162. The molecule has 1 aromatic rings. The van der Waals surface area contributed by atoms with Crippen LogP contribution in [-0.4, -0.2) is 25.9 Å². The number of rotatable bonds is 4. The Kier molecular flexibility index (Phi) is 4.65. The van der Waals surface area contributed by atoms with Gasteiger partial charge >= 0.3 is 0 Å². The lowest BCUT2D eigenvalue weighted by Crippen LogP contribution is -2.32. The van der Waals surface area contributed by atoms with E-state index in [1.807, 2.05) is 6.07 Å². The van der Waals surface area contributed by atoms with Crippen LogP contribution in [0.3, 0.4) is 0 Å². The largest absolute Gasteiger partial charge is 0.496 e. The first-order valence-corrected chi connectivity index (χ1v) is 7.09. The fourth-order valence-corrected chi connectivity index (χ4v) is 3.01. The van der Waals surface area contributed by atoms with Crippen LogP contribution in [0, 0.1) is 5.92 Å². The molecule has 1 fully saturated rings. The van der Waals surface area contributed by atoms with Gasteiger partial charge in [0.05, 0.1) is 24.3 Å². The number of hydrogen-bond acceptors (Lipinski definition) is 3. The molecular formula is C14H20BrNO2. The van der Waals surface area contributed by atoms with Gasteiger partial charge in [-0.3, -0.25) is 0 Å². The Hall–Kier alpha value is -0.580. The molecule has 1 aromatic carbocycles. The molecule has 2 rings (SSSR count). The molecule has 0 amide bonds. The van der Waals surface area contributed by atoms with E-state index >= 15 is 0 Å². The summed E-state index contributed by atoms with van der Waals surface area (Å²) < 4.78 is 11.8. The highest BCUT2D eigenvalue weighted by Gasteiger charge is 2.27. The molecule has 3 unspecified atom stereocenters. The minimum atomic E-state index is 0.162. The third-order valence-electron chi connectivity index (χ3n) is 3.52. The number of methoxy groups -OCH3 is 1. The van der Waals surface area contributed by atoms with Crippen LogP contribution in [0.25, 0.3) is 0 Å². The molecule has 0 aromatic heterocycles. The van der Waals surface area contributed by atoms with Crippen molar-refractivity contribution in [1.29, 1.82) is 0 Å². The van der Waals surface area contributed by atoms with E-state index < -0.39 is 0 Å². The summed E-state index contributed by atoms with van der Waals surface area (Å²) in [4.78, 5) is 0. The van der Waals surface area contributed by atoms with Gasteiger partial charge in [0.15, 0.2) is 0 Å². The van der Waals surface area contributed by atoms with Crippen LogP contribution in [0.1, 0.15) is 18.9 Å². The monoisotopic (exact) mass is 313 g/mol. The third kappa shape index (κ3) is 3.25. The topological polar surface area (TPSA) is 44.5 Å². The van der Waals surface area contributed by atoms with Crippen LogP contribution in [0.4, 0.5) is 0 Å². The second-order valence-electron chi connectivity index (χ2n) is 4.98. The zero-order valence-corrected chi connectivity index (χ0v) is 12.4. The van der Waals surface area contributed by atoms with Gasteiger partial charge in [-0.15, -0.1) is 0 Å². The van der Waals surface area contributed by atoms with Crippen LogP contribution in [0.15, 0.2) is 22.7 Å². The van der Waals surface area contributed by atoms with Crippen LogP contribution in [-0.2, 0) is 11.2 Å². The molecule has 2 N–H and O–H groups in total. The molecule has 1 saturated heterocycles. The standard InChI is InChI=1S/C14H20BrNO2/c1-9-5-11(8-18-9)13(16)7-10-3-4-14(17-2)12(15)6-10/h3-4,6,9,11,13H,5,7-8,16H2,1-2H3. The van der Waals surface area contributed by atoms with Gasteiger partial charge in [-0.25, -0.2) is 0 Å². The fourth-order valence-electron chi connectivity index (χ4n) is 2.42. The number of hydrogen-bond donors (Lipinski definition) is 1. The molecule has 0 spiro atoms. The van der Waals surface area contributed by atoms with Gasteiger partial charge in [-0.1, -0.05) is 6.07 Å². The Morgan fingerprint density at radius 2 is 2.33 bits per heavy atom. The predicted molar refractivity (Wildman–Crippen MR) is 75.9 cm³/mol. The van der Waals surface area contributed by atoms with Crippen molar-refractivity contribution in [2.24, 2.45) is 11.7 Å². The highest BCUT2D eigenvalue weighted by atomic mass is 79.9. The van der Waals surface area contributed by atoms with Gasteiger partial charge in [-0.05, 0) is 53.4 Å². The summed E-state index contributed by atoms with van der Waals surface area (Å²) in [7, 11) is 1.67. The van der Waals surface area contributed by atoms with Crippen molar-refractivity contribution in [1.82, 2.24) is 0 Å². The summed E-state index contributed by atoms with van der Waals surface area (Å²) in [5.74, 6) is 1.33. The Morgan fingerprint density at radius 1 is 1.56 bits per heavy atom. The van der Waals surface area contributed by atoms with Crippen molar-refractivity contribution in [2.45, 2.75) is 31.9 Å². The molecule has 0 bridgehead atoms. The molecule has 4 heteroatoms. The lowest BCUT2D eigenvalue weighted by molar-refractivity contribution is 0.118. The Bertz CT molecular complexity index is 411. The van der Waals surface area contributed by atoms with E-state index in [9.17, 15) is 0 Å². The number of ether oxygens (including phenoxy) is 2. The van der Waals surface area contributed by atoms with Crippen molar-refractivity contribution in [3.63, 3.8) is 0 Å². The molecule has 1 heterocycles. The second kappa shape index (κ2) is 6.04. The second-order valence-corrected chi connectivity index (χ2v) is 5.83. The third-order valence-corrected chi connectivity index (χ3v) is 4.14. The maximum absolute atomic E-state index is 6.27. The average molecular weight is 314 g/mol. The van der Waals surface area contributed by atoms with Gasteiger partial charge < -0.3 is 15.2 Å². The molecule has 1 aliphatic rings. The SMILES string of the molecule is COc1ccc(CC(N)C2COC(C)C2)cc1Br. The first-order chi connectivity index (χ1) is 8.60. The Labute approximate surface area is 117 Å². The zero-order valence-electron chi connectivity index (χ0n) is 10.9. The van der Waals surface area contributed by atoms with Gasteiger partial charge in [0, 0.05) is 12.0 Å². The maximum Gasteiger partial charge on any atom is 0.133 e. The Morgan fingerprint density at radius 3 is 2.89 bits per heavy atom. The fraction of sp³-hybridized carbons (Fsp3) is 0.571. The van der Waals surface area contributed by atoms with Crippen molar-refractivity contribution in [3.05, 3.63) is 28.2 Å². The molecule has 3 atom stereocenters. The first-order valence-electron chi connectivity index (χ1n) is 6.29. The van der Waals surface area contributed by atoms with Gasteiger partial charge in [0.1, 0.15) is 5.75 Å². The molecular weight excluding hydrogens is 294 g/mol. The van der Waals surface area contributed by atoms with Crippen LogP contribution in [0.2, 0.25) is 0 Å². The molecule has 0 saturated carbocycles. The number of benzene rings is 1. The van der Waals surface area contributed by atoms with Gasteiger partial charge in [0.25, 0.3) is 0 Å². The van der Waals surface area contributed by atoms with Crippen LogP contribution >= 0.6 is 15.9 Å². The predicted octanol–water partition coefficient (Wildman–Crippen LogP) is 2.75. The molecule has 0 radical (unpaired) electrons. The molecule has 1 aliphatic heterocycles. The highest BCUT2D eigenvalue weighted by molar-refractivity contribution is 9.10. The molecule has 100 valence electrons. The smallest absolute Gasteiger partial charge is 0.133 e. The zero-order chi connectivity index (χ0) is 13.1. The van der Waals surface area contributed by atoms with Crippen molar-refractivity contribution in [2.75, 3.05) is 13.7 Å². The molecule has 0 aliphatic carbocycles. The van der Waals surface area contributed by atoms with E-state index in [2.05, 4.69) is 35.0 Å². The lowest BCUT2D eigenvalue weighted by Gasteiger charge is -2.18. The van der Waals surface area contributed by atoms with Crippen LogP contribution < -0.4 is 10.5 Å². The van der Waals surface area contributed by atoms with E-state index in [4.69, 9.17) is 15.2 Å². The molecule has 18 heavy (non-hydrogen) atoms. The van der Waals surface area contributed by atoms with E-state index in [-0.39, 0.29) is 6.04 Å². The average Bonchev–Trinajstić information content (AvgIpc) is 2.76. The summed E-state index contributed by atoms with van der Waals surface area (Å²) in [5.41, 5.74) is 7.50.